The minimum Gasteiger partial charge on any atom is -0.498 e. The zero-order valence-corrected chi connectivity index (χ0v) is 27.2. The Hall–Kier alpha value is -3.70. The summed E-state index contributed by atoms with van der Waals surface area (Å²) in [6.07, 6.45) is 3.30. The number of hydrogen-bond donors (Lipinski definition) is 0. The SMILES string of the molecule is Cc1cnc(-c2[c-]ccc3c2oc2c3ccc3sc(C(C)(C)C)nc32)cc1C.[2H]C([2H])([2H])c1ccc(-c2[c-]cccc2)nc1.[Ir]. The first kappa shape index (κ1) is 26.0. The average molecular weight is 749 g/mol. The number of benzene rings is 3. The second-order valence-corrected chi connectivity index (χ2v) is 12.1. The number of nitrogens with zero attached hydrogens (tertiary/aromatic N) is 3. The Balaban J connectivity index is 0.000000202. The molecule has 6 heteroatoms. The molecule has 0 aliphatic rings. The third-order valence-electron chi connectivity index (χ3n) is 6.98. The molecule has 4 heterocycles. The topological polar surface area (TPSA) is 51.8 Å². The third kappa shape index (κ3) is 5.80. The minimum atomic E-state index is -2.09. The average Bonchev–Trinajstić information content (AvgIpc) is 3.61. The van der Waals surface area contributed by atoms with Gasteiger partial charge in [-0.2, -0.15) is 0 Å². The van der Waals surface area contributed by atoms with E-state index in [1.807, 2.05) is 30.5 Å². The summed E-state index contributed by atoms with van der Waals surface area (Å²) in [7, 11) is 0. The van der Waals surface area contributed by atoms with Crippen molar-refractivity contribution < 1.29 is 28.6 Å². The van der Waals surface area contributed by atoms with Gasteiger partial charge in [0.1, 0.15) is 11.1 Å². The van der Waals surface area contributed by atoms with Gasteiger partial charge in [-0.3, -0.25) is 0 Å². The van der Waals surface area contributed by atoms with Gasteiger partial charge in [-0.15, -0.1) is 65.4 Å². The van der Waals surface area contributed by atoms with Crippen molar-refractivity contribution in [2.75, 3.05) is 0 Å². The zero-order valence-electron chi connectivity index (χ0n) is 27.0. The van der Waals surface area contributed by atoms with Crippen molar-refractivity contribution in [3.63, 3.8) is 0 Å². The van der Waals surface area contributed by atoms with E-state index in [2.05, 4.69) is 81.0 Å². The summed E-state index contributed by atoms with van der Waals surface area (Å²) in [5, 5.41) is 3.29. The first-order chi connectivity index (χ1) is 20.9. The molecule has 0 unspecified atom stereocenters. The Morgan fingerprint density at radius 1 is 0.833 bits per heavy atom. The normalized spacial score (nSPS) is 12.7. The van der Waals surface area contributed by atoms with Crippen LogP contribution in [0.4, 0.5) is 0 Å². The van der Waals surface area contributed by atoms with Crippen molar-refractivity contribution in [1.29, 1.82) is 0 Å². The maximum atomic E-state index is 7.23. The number of aromatic nitrogens is 3. The molecule has 0 bridgehead atoms. The van der Waals surface area contributed by atoms with Gasteiger partial charge in [0, 0.05) is 47.4 Å². The number of hydrogen-bond acceptors (Lipinski definition) is 5. The van der Waals surface area contributed by atoms with Crippen LogP contribution in [0.1, 0.15) is 46.6 Å². The fraction of sp³-hybridized carbons (Fsp3) is 0.194. The molecule has 4 nitrogen and oxygen atoms in total. The number of furan rings is 1. The Morgan fingerprint density at radius 3 is 2.33 bits per heavy atom. The standard InChI is InChI=1S/C24H21N2OS.C12H10N.Ir/c1-13-11-18(25-12-14(13)2)17-8-6-7-15-16-9-10-19-20(22(16)27-21(15)17)26-23(28-19)24(3,4)5;1-10-7-8-12(13-9-10)11-5-3-2-4-6-11;/h6-7,9-12H,1-5H3;2-5,7-9H,1H3;/q2*-1;/i;1D3;. The van der Waals surface area contributed by atoms with Crippen LogP contribution < -0.4 is 0 Å². The van der Waals surface area contributed by atoms with Gasteiger partial charge >= 0.3 is 0 Å². The predicted octanol–water partition coefficient (Wildman–Crippen LogP) is 9.83. The molecule has 0 saturated carbocycles. The van der Waals surface area contributed by atoms with Gasteiger partial charge in [0.05, 0.1) is 15.3 Å². The van der Waals surface area contributed by atoms with Crippen molar-refractivity contribution in [3.05, 3.63) is 113 Å². The fourth-order valence-electron chi connectivity index (χ4n) is 4.57. The maximum Gasteiger partial charge on any atom is 0.148 e. The quantitative estimate of drug-likeness (QED) is 0.165. The summed E-state index contributed by atoms with van der Waals surface area (Å²) < 4.78 is 29.3. The van der Waals surface area contributed by atoms with Crippen molar-refractivity contribution >= 4 is 43.5 Å². The summed E-state index contributed by atoms with van der Waals surface area (Å²) in [4.78, 5) is 13.7. The Labute approximate surface area is 268 Å². The van der Waals surface area contributed by atoms with E-state index < -0.39 is 6.85 Å². The van der Waals surface area contributed by atoms with Crippen molar-refractivity contribution in [1.82, 2.24) is 15.0 Å². The van der Waals surface area contributed by atoms with Gasteiger partial charge in [0.15, 0.2) is 0 Å². The van der Waals surface area contributed by atoms with E-state index in [4.69, 9.17) is 13.5 Å². The summed E-state index contributed by atoms with van der Waals surface area (Å²) in [5.41, 5.74) is 8.67. The van der Waals surface area contributed by atoms with E-state index >= 15 is 0 Å². The van der Waals surface area contributed by atoms with Crippen LogP contribution in [0, 0.1) is 32.8 Å². The van der Waals surface area contributed by atoms with Crippen molar-refractivity contribution in [3.8, 4) is 22.5 Å². The van der Waals surface area contributed by atoms with E-state index in [1.54, 1.807) is 29.5 Å². The van der Waals surface area contributed by atoms with Gasteiger partial charge in [0.2, 0.25) is 0 Å². The van der Waals surface area contributed by atoms with Crippen LogP contribution in [0.15, 0.2) is 83.5 Å². The van der Waals surface area contributed by atoms with Crippen LogP contribution in [0.2, 0.25) is 0 Å². The number of thiazole rings is 1. The number of pyridine rings is 2. The van der Waals surface area contributed by atoms with Crippen molar-refractivity contribution in [2.45, 2.75) is 46.9 Å². The zero-order chi connectivity index (χ0) is 31.2. The minimum absolute atomic E-state index is 0. The van der Waals surface area contributed by atoms with Gasteiger partial charge in [-0.05, 0) is 49.3 Å². The molecule has 0 amide bonds. The molecule has 0 saturated heterocycles. The first-order valence-corrected chi connectivity index (χ1v) is 14.3. The van der Waals surface area contributed by atoms with Crippen LogP contribution in [0.5, 0.6) is 0 Å². The summed E-state index contributed by atoms with van der Waals surface area (Å²) in [6, 6.07) is 27.5. The smallest absolute Gasteiger partial charge is 0.148 e. The summed E-state index contributed by atoms with van der Waals surface area (Å²) >= 11 is 1.74. The third-order valence-corrected chi connectivity index (χ3v) is 8.42. The van der Waals surface area contributed by atoms with E-state index in [0.717, 1.165) is 59.7 Å². The second kappa shape index (κ2) is 11.9. The van der Waals surface area contributed by atoms with E-state index in [0.29, 0.717) is 0 Å². The molecule has 4 aromatic heterocycles. The molecule has 0 aliphatic carbocycles. The molecule has 213 valence electrons. The van der Waals surface area contributed by atoms with E-state index in [-0.39, 0.29) is 31.1 Å². The van der Waals surface area contributed by atoms with E-state index in [1.165, 1.54) is 17.3 Å². The maximum absolute atomic E-state index is 7.23. The Bertz CT molecular complexity index is 2110. The van der Waals surface area contributed by atoms with Crippen LogP contribution in [-0.2, 0) is 25.5 Å². The molecule has 0 atom stereocenters. The molecule has 7 rings (SSSR count). The monoisotopic (exact) mass is 749 g/mol. The van der Waals surface area contributed by atoms with Crippen molar-refractivity contribution in [2.24, 2.45) is 0 Å². The van der Waals surface area contributed by atoms with Gasteiger partial charge in [-0.25, -0.2) is 4.98 Å². The van der Waals surface area contributed by atoms with E-state index in [9.17, 15) is 0 Å². The van der Waals surface area contributed by atoms with Crippen LogP contribution in [0.25, 0.3) is 54.7 Å². The number of rotatable bonds is 2. The Morgan fingerprint density at radius 2 is 1.64 bits per heavy atom. The molecule has 3 aromatic carbocycles. The van der Waals surface area contributed by atoms with Crippen LogP contribution in [0.3, 0.4) is 0 Å². The van der Waals surface area contributed by atoms with Gasteiger partial charge < -0.3 is 14.4 Å². The molecular formula is C36H31IrN3OS-2. The second-order valence-electron chi connectivity index (χ2n) is 11.1. The molecular weight excluding hydrogens is 715 g/mol. The molecule has 42 heavy (non-hydrogen) atoms. The molecule has 1 radical (unpaired) electrons. The summed E-state index contributed by atoms with van der Waals surface area (Å²) in [5.74, 6) is 0. The Kier molecular flexibility index (Phi) is 7.35. The largest absolute Gasteiger partial charge is 0.498 e. The van der Waals surface area contributed by atoms with Gasteiger partial charge in [0.25, 0.3) is 0 Å². The van der Waals surface area contributed by atoms with Crippen LogP contribution in [-0.4, -0.2) is 15.0 Å². The molecule has 0 N–H and O–H groups in total. The molecule has 7 aromatic rings. The number of fused-ring (bicyclic) bond motifs is 5. The molecule has 0 aliphatic heterocycles. The predicted molar refractivity (Wildman–Crippen MR) is 170 cm³/mol. The molecule has 0 fully saturated rings. The first-order valence-electron chi connectivity index (χ1n) is 14.9. The molecule has 0 spiro atoms. The van der Waals surface area contributed by atoms with Gasteiger partial charge in [-0.1, -0.05) is 61.5 Å². The summed E-state index contributed by atoms with van der Waals surface area (Å²) in [6.45, 7) is 8.67. The van der Waals surface area contributed by atoms with Crippen LogP contribution >= 0.6 is 11.3 Å². The number of aryl methyl sites for hydroxylation is 3. The fourth-order valence-corrected chi connectivity index (χ4v) is 5.59.